The van der Waals surface area contributed by atoms with Gasteiger partial charge in [0.1, 0.15) is 49.8 Å². The van der Waals surface area contributed by atoms with Crippen molar-refractivity contribution in [3.8, 4) is 0 Å². The average molecular weight is 681 g/mol. The third-order valence-corrected chi connectivity index (χ3v) is 8.44. The van der Waals surface area contributed by atoms with Gasteiger partial charge in [0.2, 0.25) is 0 Å². The molecule has 1 aliphatic carbocycles. The number of carbonyl (C=O) groups is 2. The maximum absolute atomic E-state index is 12.8. The molecule has 1 rings (SSSR count). The van der Waals surface area contributed by atoms with Crippen molar-refractivity contribution in [1.82, 2.24) is 0 Å². The lowest BCUT2D eigenvalue weighted by Crippen LogP contribution is -2.64. The van der Waals surface area contributed by atoms with E-state index in [-0.39, 0.29) is 12.8 Å². The van der Waals surface area contributed by atoms with E-state index in [4.69, 9.17) is 28.3 Å². The highest BCUT2D eigenvalue weighted by Crippen LogP contribution is 2.49. The van der Waals surface area contributed by atoms with Crippen LogP contribution in [-0.2, 0) is 41.8 Å². The van der Waals surface area contributed by atoms with Gasteiger partial charge in [-0.25, -0.2) is 9.13 Å². The minimum absolute atomic E-state index is 0.0274. The van der Waals surface area contributed by atoms with Crippen molar-refractivity contribution in [1.29, 1.82) is 0 Å². The standard InChI is InChI=1S/C26H50O16P2/c1-4-6-8-10-12-14-18(27)38-16-26(3,40-19(28)15-13-11-9-7-5-2)17-39-44(36,37)42-25-22(31)20(29)21(30)24(23(25)32)41-43(33,34)35/h20-25,29-32H,4-17H2,1-3H3,(H,36,37)(H2,33,34,35)/t20-,21-,22-,23-,24+,25-,26-/m1/s1. The highest BCUT2D eigenvalue weighted by atomic mass is 31.2. The second kappa shape index (κ2) is 19.6. The number of esters is 2. The summed E-state index contributed by atoms with van der Waals surface area (Å²) >= 11 is 0. The molecule has 0 spiro atoms. The van der Waals surface area contributed by atoms with E-state index in [1.807, 2.05) is 6.92 Å². The van der Waals surface area contributed by atoms with E-state index < -0.39 is 83.0 Å². The molecule has 1 saturated carbocycles. The molecule has 18 heteroatoms. The van der Waals surface area contributed by atoms with Crippen LogP contribution in [0.15, 0.2) is 0 Å². The summed E-state index contributed by atoms with van der Waals surface area (Å²) < 4.78 is 48.9. The Kier molecular flexibility index (Phi) is 18.3. The molecule has 0 saturated heterocycles. The first-order valence-electron chi connectivity index (χ1n) is 14.9. The first kappa shape index (κ1) is 41.0. The second-order valence-corrected chi connectivity index (χ2v) is 13.8. The molecule has 0 aliphatic heterocycles. The van der Waals surface area contributed by atoms with Crippen molar-refractivity contribution in [2.24, 2.45) is 0 Å². The zero-order valence-electron chi connectivity index (χ0n) is 25.6. The Morgan fingerprint density at radius 1 is 0.659 bits per heavy atom. The van der Waals surface area contributed by atoms with Crippen LogP contribution in [0.4, 0.5) is 0 Å². The Hall–Kier alpha value is -1.00. The van der Waals surface area contributed by atoms with Gasteiger partial charge < -0.3 is 44.6 Å². The number of carbonyl (C=O) groups excluding carboxylic acids is 2. The summed E-state index contributed by atoms with van der Waals surface area (Å²) in [5, 5.41) is 40.7. The summed E-state index contributed by atoms with van der Waals surface area (Å²) in [6.07, 6.45) is -4.61. The number of hydrogen-bond donors (Lipinski definition) is 7. The zero-order chi connectivity index (χ0) is 33.6. The number of phosphoric ester groups is 2. The van der Waals surface area contributed by atoms with Gasteiger partial charge in [-0.15, -0.1) is 0 Å². The van der Waals surface area contributed by atoms with Crippen LogP contribution < -0.4 is 0 Å². The average Bonchev–Trinajstić information content (AvgIpc) is 2.94. The molecule has 44 heavy (non-hydrogen) atoms. The summed E-state index contributed by atoms with van der Waals surface area (Å²) in [6, 6.07) is 0. The maximum atomic E-state index is 12.8. The molecule has 0 aromatic heterocycles. The van der Waals surface area contributed by atoms with E-state index in [1.54, 1.807) is 0 Å². The number of hydrogen-bond acceptors (Lipinski definition) is 13. The third-order valence-electron chi connectivity index (χ3n) is 6.96. The molecule has 1 unspecified atom stereocenters. The van der Waals surface area contributed by atoms with Gasteiger partial charge in [0.05, 0.1) is 0 Å². The van der Waals surface area contributed by atoms with Crippen molar-refractivity contribution in [2.75, 3.05) is 13.2 Å². The number of rotatable bonds is 22. The molecule has 16 nitrogen and oxygen atoms in total. The van der Waals surface area contributed by atoms with Crippen LogP contribution in [0, 0.1) is 0 Å². The quantitative estimate of drug-likeness (QED) is 0.0490. The Bertz CT molecular complexity index is 960. The lowest BCUT2D eigenvalue weighted by atomic mass is 9.85. The first-order chi connectivity index (χ1) is 20.4. The molecule has 0 aromatic rings. The fraction of sp³-hybridized carbons (Fsp3) is 0.923. The van der Waals surface area contributed by atoms with Gasteiger partial charge >= 0.3 is 27.6 Å². The van der Waals surface area contributed by atoms with Crippen LogP contribution in [0.1, 0.15) is 97.8 Å². The lowest BCUT2D eigenvalue weighted by molar-refractivity contribution is -0.217. The number of aliphatic hydroxyl groups is 4. The van der Waals surface area contributed by atoms with Crippen molar-refractivity contribution < 1.29 is 76.9 Å². The molecule has 0 radical (unpaired) electrons. The van der Waals surface area contributed by atoms with Gasteiger partial charge in [0, 0.05) is 12.8 Å². The monoisotopic (exact) mass is 680 g/mol. The minimum atomic E-state index is -5.35. The van der Waals surface area contributed by atoms with Crippen molar-refractivity contribution in [2.45, 2.75) is 140 Å². The van der Waals surface area contributed by atoms with E-state index in [2.05, 4.69) is 11.4 Å². The molecule has 0 bridgehead atoms. The van der Waals surface area contributed by atoms with Gasteiger partial charge in [-0.05, 0) is 19.8 Å². The number of ether oxygens (including phenoxy) is 2. The van der Waals surface area contributed by atoms with Crippen molar-refractivity contribution >= 4 is 27.6 Å². The Morgan fingerprint density at radius 3 is 1.64 bits per heavy atom. The number of unbranched alkanes of at least 4 members (excludes halogenated alkanes) is 8. The van der Waals surface area contributed by atoms with E-state index >= 15 is 0 Å². The van der Waals surface area contributed by atoms with Crippen LogP contribution in [0.3, 0.4) is 0 Å². The van der Waals surface area contributed by atoms with Crippen LogP contribution in [0.5, 0.6) is 0 Å². The van der Waals surface area contributed by atoms with E-state index in [0.717, 1.165) is 51.4 Å². The van der Waals surface area contributed by atoms with Crippen LogP contribution in [-0.4, -0.2) is 102 Å². The van der Waals surface area contributed by atoms with Gasteiger partial charge in [0.25, 0.3) is 0 Å². The van der Waals surface area contributed by atoms with Crippen LogP contribution in [0.2, 0.25) is 0 Å². The van der Waals surface area contributed by atoms with E-state index in [0.29, 0.717) is 12.8 Å². The molecular weight excluding hydrogens is 630 g/mol. The van der Waals surface area contributed by atoms with E-state index in [9.17, 15) is 44.0 Å². The highest BCUT2D eigenvalue weighted by Gasteiger charge is 2.54. The summed E-state index contributed by atoms with van der Waals surface area (Å²) in [6.45, 7) is 4.00. The normalized spacial score (nSPS) is 26.9. The van der Waals surface area contributed by atoms with Gasteiger partial charge in [-0.3, -0.25) is 23.2 Å². The molecule has 8 atom stereocenters. The summed E-state index contributed by atoms with van der Waals surface area (Å²) in [5.41, 5.74) is -1.77. The van der Waals surface area contributed by atoms with Gasteiger partial charge in [0.15, 0.2) is 5.60 Å². The van der Waals surface area contributed by atoms with E-state index in [1.165, 1.54) is 6.92 Å². The fourth-order valence-corrected chi connectivity index (χ4v) is 6.09. The van der Waals surface area contributed by atoms with Crippen molar-refractivity contribution in [3.05, 3.63) is 0 Å². The highest BCUT2D eigenvalue weighted by molar-refractivity contribution is 7.47. The van der Waals surface area contributed by atoms with Gasteiger partial charge in [-0.1, -0.05) is 65.2 Å². The summed E-state index contributed by atoms with van der Waals surface area (Å²) in [7, 11) is -10.6. The second-order valence-electron chi connectivity index (χ2n) is 11.2. The fourth-order valence-electron chi connectivity index (χ4n) is 4.47. The maximum Gasteiger partial charge on any atom is 0.472 e. The Balaban J connectivity index is 2.94. The topological polar surface area (TPSA) is 256 Å². The molecular formula is C26H50O16P2. The Morgan fingerprint density at radius 2 is 1.14 bits per heavy atom. The zero-order valence-corrected chi connectivity index (χ0v) is 27.4. The first-order valence-corrected chi connectivity index (χ1v) is 18.0. The molecule has 1 fully saturated rings. The summed E-state index contributed by atoms with van der Waals surface area (Å²) in [4.78, 5) is 53.4. The SMILES string of the molecule is CCCCCCCC(=O)OC[C@](C)(COP(=O)(O)O[C@H]1[C@H](O)[C@@H](OP(=O)(O)O)[C@H](O)[C@@H](O)[C@H]1O)OC(=O)CCCCCCC. The molecule has 260 valence electrons. The largest absolute Gasteiger partial charge is 0.472 e. The Labute approximate surface area is 257 Å². The lowest BCUT2D eigenvalue weighted by Gasteiger charge is -2.43. The number of phosphoric acid groups is 2. The number of aliphatic hydroxyl groups excluding tert-OH is 4. The third kappa shape index (κ3) is 15.5. The molecule has 1 aliphatic rings. The van der Waals surface area contributed by atoms with Crippen LogP contribution in [0.25, 0.3) is 0 Å². The van der Waals surface area contributed by atoms with Crippen LogP contribution >= 0.6 is 15.6 Å². The minimum Gasteiger partial charge on any atom is -0.461 e. The molecule has 0 amide bonds. The predicted molar refractivity (Wildman–Crippen MR) is 154 cm³/mol. The summed E-state index contributed by atoms with van der Waals surface area (Å²) in [5.74, 6) is -1.26. The van der Waals surface area contributed by atoms with Gasteiger partial charge in [-0.2, -0.15) is 0 Å². The molecule has 0 heterocycles. The van der Waals surface area contributed by atoms with Crippen molar-refractivity contribution in [3.63, 3.8) is 0 Å². The molecule has 0 aromatic carbocycles. The molecule has 7 N–H and O–H groups in total. The predicted octanol–water partition coefficient (Wildman–Crippen LogP) is 1.99. The smallest absolute Gasteiger partial charge is 0.461 e.